The summed E-state index contributed by atoms with van der Waals surface area (Å²) in [5.41, 5.74) is -0.438. The second-order valence-electron chi connectivity index (χ2n) is 5.56. The number of carboxylic acid groups (broad SMARTS) is 1. The van der Waals surface area contributed by atoms with Gasteiger partial charge in [0.2, 0.25) is 0 Å². The predicted octanol–water partition coefficient (Wildman–Crippen LogP) is 3.26. The zero-order chi connectivity index (χ0) is 19.6. The third kappa shape index (κ3) is 3.86. The lowest BCUT2D eigenvalue weighted by molar-refractivity contribution is 0.191. The number of H-pyrrole nitrogens is 1. The molecule has 1 aromatic heterocycles. The van der Waals surface area contributed by atoms with Crippen molar-refractivity contribution in [3.8, 4) is 17.0 Å². The number of amides is 1. The lowest BCUT2D eigenvalue weighted by Crippen LogP contribution is -2.26. The second-order valence-corrected chi connectivity index (χ2v) is 5.56. The van der Waals surface area contributed by atoms with E-state index in [1.165, 1.54) is 12.1 Å². The number of aromatic amines is 1. The first kappa shape index (κ1) is 18.3. The Morgan fingerprint density at radius 3 is 2.56 bits per heavy atom. The van der Waals surface area contributed by atoms with Crippen LogP contribution in [0.5, 0.6) is 5.75 Å². The molecule has 3 aromatic rings. The number of aromatic nitrogens is 1. The Hall–Kier alpha value is -3.49. The highest BCUT2D eigenvalue weighted by Gasteiger charge is 2.17. The van der Waals surface area contributed by atoms with E-state index in [1.807, 2.05) is 0 Å². The van der Waals surface area contributed by atoms with Crippen molar-refractivity contribution < 1.29 is 27.8 Å². The number of pyridine rings is 1. The van der Waals surface area contributed by atoms with Crippen molar-refractivity contribution in [1.29, 1.82) is 0 Å². The van der Waals surface area contributed by atoms with Crippen molar-refractivity contribution in [2.75, 3.05) is 13.2 Å². The number of hydrogen-bond donors (Lipinski definition) is 3. The van der Waals surface area contributed by atoms with Crippen LogP contribution in [0.4, 0.5) is 18.0 Å². The van der Waals surface area contributed by atoms with E-state index in [2.05, 4.69) is 10.3 Å². The van der Waals surface area contributed by atoms with Gasteiger partial charge in [-0.3, -0.25) is 4.79 Å². The third-order valence-electron chi connectivity index (χ3n) is 3.77. The van der Waals surface area contributed by atoms with E-state index >= 15 is 0 Å². The average Bonchev–Trinajstić information content (AvgIpc) is 2.62. The van der Waals surface area contributed by atoms with Crippen molar-refractivity contribution in [2.24, 2.45) is 0 Å². The molecule has 140 valence electrons. The van der Waals surface area contributed by atoms with Crippen molar-refractivity contribution >= 4 is 16.9 Å². The first-order valence-corrected chi connectivity index (χ1v) is 7.77. The summed E-state index contributed by atoms with van der Waals surface area (Å²) in [6.07, 6.45) is -1.24. The van der Waals surface area contributed by atoms with Crippen molar-refractivity contribution in [3.63, 3.8) is 0 Å². The Labute approximate surface area is 150 Å². The van der Waals surface area contributed by atoms with Crippen LogP contribution >= 0.6 is 0 Å². The van der Waals surface area contributed by atoms with Gasteiger partial charge in [0.1, 0.15) is 12.4 Å². The summed E-state index contributed by atoms with van der Waals surface area (Å²) >= 11 is 0. The fourth-order valence-corrected chi connectivity index (χ4v) is 2.59. The minimum Gasteiger partial charge on any atom is -0.489 e. The molecule has 6 nitrogen and oxygen atoms in total. The highest BCUT2D eigenvalue weighted by Crippen LogP contribution is 2.34. The van der Waals surface area contributed by atoms with Gasteiger partial charge in [0, 0.05) is 10.9 Å². The molecule has 0 saturated heterocycles. The van der Waals surface area contributed by atoms with E-state index in [0.717, 1.165) is 24.3 Å². The number of fused-ring (bicyclic) bond motifs is 1. The van der Waals surface area contributed by atoms with E-state index in [-0.39, 0.29) is 40.9 Å². The number of hydrogen-bond acceptors (Lipinski definition) is 3. The zero-order valence-electron chi connectivity index (χ0n) is 13.7. The molecular formula is C18H13F3N2O4. The van der Waals surface area contributed by atoms with Gasteiger partial charge < -0.3 is 20.1 Å². The molecule has 0 fully saturated rings. The molecule has 3 rings (SSSR count). The van der Waals surface area contributed by atoms with Crippen LogP contribution in [-0.2, 0) is 0 Å². The Bertz CT molecular complexity index is 1080. The molecule has 3 N–H and O–H groups in total. The molecule has 0 aliphatic carbocycles. The maximum Gasteiger partial charge on any atom is 0.404 e. The zero-order valence-corrected chi connectivity index (χ0v) is 13.7. The van der Waals surface area contributed by atoms with E-state index in [0.29, 0.717) is 0 Å². The van der Waals surface area contributed by atoms with Gasteiger partial charge in [0.05, 0.1) is 17.6 Å². The van der Waals surface area contributed by atoms with Crippen molar-refractivity contribution in [2.45, 2.75) is 0 Å². The minimum atomic E-state index is -1.24. The van der Waals surface area contributed by atoms with Crippen molar-refractivity contribution in [1.82, 2.24) is 10.3 Å². The Kier molecular flexibility index (Phi) is 5.02. The molecule has 27 heavy (non-hydrogen) atoms. The number of nitrogens with one attached hydrogen (secondary N) is 2. The molecule has 0 saturated carbocycles. The molecule has 1 heterocycles. The lowest BCUT2D eigenvalue weighted by Gasteiger charge is -2.15. The minimum absolute atomic E-state index is 0.00234. The fourth-order valence-electron chi connectivity index (χ4n) is 2.59. The molecular weight excluding hydrogens is 365 g/mol. The van der Waals surface area contributed by atoms with Crippen LogP contribution in [0.2, 0.25) is 0 Å². The summed E-state index contributed by atoms with van der Waals surface area (Å²) in [7, 11) is 0. The Morgan fingerprint density at radius 2 is 1.85 bits per heavy atom. The summed E-state index contributed by atoms with van der Waals surface area (Å²) in [5.74, 6) is -2.72. The van der Waals surface area contributed by atoms with Gasteiger partial charge in [-0.15, -0.1) is 0 Å². The topological polar surface area (TPSA) is 91.4 Å². The van der Waals surface area contributed by atoms with E-state index in [9.17, 15) is 22.8 Å². The van der Waals surface area contributed by atoms with Crippen LogP contribution in [0.1, 0.15) is 0 Å². The SMILES string of the molecule is O=C(O)NCCOc1c(-c2ccc(F)c(F)c2)[nH]c(=O)c2cc(F)ccc12. The molecule has 0 aliphatic heterocycles. The van der Waals surface area contributed by atoms with Gasteiger partial charge in [0.15, 0.2) is 17.4 Å². The Balaban J connectivity index is 2.14. The van der Waals surface area contributed by atoms with E-state index in [4.69, 9.17) is 9.84 Å². The van der Waals surface area contributed by atoms with Gasteiger partial charge in [-0.25, -0.2) is 18.0 Å². The van der Waals surface area contributed by atoms with Crippen LogP contribution in [0.3, 0.4) is 0 Å². The van der Waals surface area contributed by atoms with Crippen LogP contribution in [0.15, 0.2) is 41.2 Å². The summed E-state index contributed by atoms with van der Waals surface area (Å²) in [5, 5.41) is 11.0. The second kappa shape index (κ2) is 7.40. The normalized spacial score (nSPS) is 10.8. The van der Waals surface area contributed by atoms with Crippen LogP contribution in [0, 0.1) is 17.5 Å². The summed E-state index contributed by atoms with van der Waals surface area (Å²) < 4.78 is 45.9. The molecule has 0 unspecified atom stereocenters. The van der Waals surface area contributed by atoms with Gasteiger partial charge in [0.25, 0.3) is 5.56 Å². The molecule has 2 aromatic carbocycles. The number of carbonyl (C=O) groups is 1. The van der Waals surface area contributed by atoms with Gasteiger partial charge in [-0.2, -0.15) is 0 Å². The van der Waals surface area contributed by atoms with Crippen LogP contribution < -0.4 is 15.6 Å². The summed E-state index contributed by atoms with van der Waals surface area (Å²) in [6.45, 7) is -0.171. The molecule has 0 spiro atoms. The average molecular weight is 378 g/mol. The fraction of sp³-hybridized carbons (Fsp3) is 0.111. The number of ether oxygens (including phenoxy) is 1. The van der Waals surface area contributed by atoms with Crippen molar-refractivity contribution in [3.05, 3.63) is 64.2 Å². The summed E-state index contributed by atoms with van der Waals surface area (Å²) in [6, 6.07) is 6.50. The Morgan fingerprint density at radius 1 is 1.07 bits per heavy atom. The lowest BCUT2D eigenvalue weighted by atomic mass is 10.1. The number of halogens is 3. The van der Waals surface area contributed by atoms with Crippen LogP contribution in [-0.4, -0.2) is 29.3 Å². The standard InChI is InChI=1S/C18H13F3N2O4/c19-10-2-3-11-12(8-10)17(24)23-15(9-1-4-13(20)14(21)7-9)16(11)27-6-5-22-18(25)26/h1-4,7-8,22H,5-6H2,(H,23,24)(H,25,26). The number of benzene rings is 2. The number of rotatable bonds is 5. The monoisotopic (exact) mass is 378 g/mol. The van der Waals surface area contributed by atoms with Gasteiger partial charge in [-0.1, -0.05) is 0 Å². The first-order valence-electron chi connectivity index (χ1n) is 7.77. The van der Waals surface area contributed by atoms with Gasteiger partial charge >= 0.3 is 6.09 Å². The predicted molar refractivity (Wildman–Crippen MR) is 91.4 cm³/mol. The molecule has 0 radical (unpaired) electrons. The molecule has 0 bridgehead atoms. The third-order valence-corrected chi connectivity index (χ3v) is 3.77. The highest BCUT2D eigenvalue weighted by molar-refractivity contribution is 5.93. The van der Waals surface area contributed by atoms with E-state index in [1.54, 1.807) is 0 Å². The maximum absolute atomic E-state index is 13.6. The largest absolute Gasteiger partial charge is 0.489 e. The highest BCUT2D eigenvalue weighted by atomic mass is 19.2. The first-order chi connectivity index (χ1) is 12.9. The maximum atomic E-state index is 13.6. The summed E-state index contributed by atoms with van der Waals surface area (Å²) in [4.78, 5) is 25.3. The van der Waals surface area contributed by atoms with Gasteiger partial charge in [-0.05, 0) is 36.4 Å². The molecule has 9 heteroatoms. The molecule has 1 amide bonds. The quantitative estimate of drug-likeness (QED) is 0.595. The molecule has 0 aliphatic rings. The molecule has 0 atom stereocenters. The smallest absolute Gasteiger partial charge is 0.404 e. The van der Waals surface area contributed by atoms with Crippen LogP contribution in [0.25, 0.3) is 22.0 Å². The van der Waals surface area contributed by atoms with E-state index < -0.39 is 29.1 Å².